The van der Waals surface area contributed by atoms with Gasteiger partial charge in [0.1, 0.15) is 0 Å². The van der Waals surface area contributed by atoms with Crippen LogP contribution in [0, 0.1) is 13.8 Å². The molecule has 1 rings (SSSR count). The molecule has 3 N–H and O–H groups in total. The molecule has 1 aromatic rings. The van der Waals surface area contributed by atoms with E-state index in [9.17, 15) is 8.42 Å². The van der Waals surface area contributed by atoms with Crippen LogP contribution in [0.3, 0.4) is 0 Å². The summed E-state index contributed by atoms with van der Waals surface area (Å²) in [6.45, 7) is 4.24. The molecule has 0 radical (unpaired) electrons. The van der Waals surface area contributed by atoms with Gasteiger partial charge in [-0.3, -0.25) is 0 Å². The van der Waals surface area contributed by atoms with Crippen molar-refractivity contribution in [1.82, 2.24) is 4.72 Å². The highest BCUT2D eigenvalue weighted by Gasteiger charge is 2.06. The average molecular weight is 220 g/mol. The van der Waals surface area contributed by atoms with Crippen molar-refractivity contribution < 1.29 is 8.42 Å². The lowest BCUT2D eigenvalue weighted by molar-refractivity contribution is 0.583. The molecule has 0 saturated heterocycles. The molecule has 0 aliphatic heterocycles. The van der Waals surface area contributed by atoms with Crippen LogP contribution in [-0.4, -0.2) is 8.42 Å². The van der Waals surface area contributed by atoms with Gasteiger partial charge in [0.2, 0.25) is 0 Å². The molecule has 1 aromatic heterocycles. The van der Waals surface area contributed by atoms with Gasteiger partial charge in [0.15, 0.2) is 0 Å². The van der Waals surface area contributed by atoms with E-state index < -0.39 is 10.2 Å². The summed E-state index contributed by atoms with van der Waals surface area (Å²) >= 11 is 1.61. The Morgan fingerprint density at radius 2 is 2.15 bits per heavy atom. The molecule has 0 spiro atoms. The fourth-order valence-electron chi connectivity index (χ4n) is 0.915. The van der Waals surface area contributed by atoms with Crippen LogP contribution in [0.15, 0.2) is 5.38 Å². The van der Waals surface area contributed by atoms with Crippen molar-refractivity contribution in [3.63, 3.8) is 0 Å². The van der Waals surface area contributed by atoms with E-state index in [-0.39, 0.29) is 6.54 Å². The first-order valence-corrected chi connectivity index (χ1v) is 6.13. The first-order valence-electron chi connectivity index (χ1n) is 3.71. The van der Waals surface area contributed by atoms with Gasteiger partial charge in [-0.25, -0.2) is 5.14 Å². The number of nitrogens with two attached hydrogens (primary N) is 1. The Morgan fingerprint density at radius 3 is 2.54 bits per heavy atom. The third-order valence-corrected chi connectivity index (χ3v) is 3.46. The molecule has 4 nitrogen and oxygen atoms in total. The number of hydrogen-bond donors (Lipinski definition) is 2. The summed E-state index contributed by atoms with van der Waals surface area (Å²) in [5.41, 5.74) is 2.11. The summed E-state index contributed by atoms with van der Waals surface area (Å²) in [5, 5.41) is 6.74. The lowest BCUT2D eigenvalue weighted by Gasteiger charge is -2.01. The Bertz CT molecular complexity index is 395. The Morgan fingerprint density at radius 1 is 1.54 bits per heavy atom. The van der Waals surface area contributed by atoms with E-state index >= 15 is 0 Å². The van der Waals surface area contributed by atoms with Gasteiger partial charge >= 0.3 is 0 Å². The van der Waals surface area contributed by atoms with Crippen molar-refractivity contribution in [2.24, 2.45) is 5.14 Å². The molecule has 0 aliphatic carbocycles. The van der Waals surface area contributed by atoms with E-state index in [1.165, 1.54) is 4.88 Å². The highest BCUT2D eigenvalue weighted by molar-refractivity contribution is 7.87. The second-order valence-corrected chi connectivity index (χ2v) is 5.27. The molecule has 0 bridgehead atoms. The van der Waals surface area contributed by atoms with Crippen molar-refractivity contribution in [1.29, 1.82) is 0 Å². The largest absolute Gasteiger partial charge is 0.274 e. The van der Waals surface area contributed by atoms with E-state index in [1.54, 1.807) is 11.3 Å². The number of hydrogen-bond acceptors (Lipinski definition) is 3. The molecular formula is C7H12N2O2S2. The molecule has 0 unspecified atom stereocenters. The summed E-state index contributed by atoms with van der Waals surface area (Å²) in [4.78, 5) is 1.20. The van der Waals surface area contributed by atoms with E-state index in [1.807, 2.05) is 19.2 Å². The maximum atomic E-state index is 10.6. The zero-order valence-electron chi connectivity index (χ0n) is 7.49. The summed E-state index contributed by atoms with van der Waals surface area (Å²) < 4.78 is 23.4. The summed E-state index contributed by atoms with van der Waals surface area (Å²) in [5.74, 6) is 0. The smallest absolute Gasteiger partial charge is 0.216 e. The van der Waals surface area contributed by atoms with Gasteiger partial charge in [0.25, 0.3) is 10.2 Å². The molecular weight excluding hydrogens is 208 g/mol. The normalized spacial score (nSPS) is 11.9. The lowest BCUT2D eigenvalue weighted by atomic mass is 10.2. The Balaban J connectivity index is 2.71. The minimum Gasteiger partial charge on any atom is -0.216 e. The standard InChI is InChI=1S/C7H12N2O2S2/c1-5-6(2)12-4-7(5)3-9-13(8,10)11/h4,9H,3H2,1-2H3,(H2,8,10,11). The van der Waals surface area contributed by atoms with Crippen molar-refractivity contribution in [3.8, 4) is 0 Å². The molecule has 1 heterocycles. The summed E-state index contributed by atoms with van der Waals surface area (Å²) in [6, 6.07) is 0. The van der Waals surface area contributed by atoms with Crippen LogP contribution >= 0.6 is 11.3 Å². The first-order chi connectivity index (χ1) is 5.90. The van der Waals surface area contributed by atoms with Crippen molar-refractivity contribution in [2.45, 2.75) is 20.4 Å². The maximum Gasteiger partial charge on any atom is 0.274 e. The van der Waals surface area contributed by atoms with E-state index in [0.717, 1.165) is 11.1 Å². The molecule has 74 valence electrons. The van der Waals surface area contributed by atoms with E-state index in [0.29, 0.717) is 0 Å². The number of aryl methyl sites for hydroxylation is 1. The molecule has 0 saturated carbocycles. The van der Waals surface area contributed by atoms with Crippen molar-refractivity contribution in [3.05, 3.63) is 21.4 Å². The van der Waals surface area contributed by atoms with Gasteiger partial charge in [-0.2, -0.15) is 13.1 Å². The lowest BCUT2D eigenvalue weighted by Crippen LogP contribution is -2.30. The SMILES string of the molecule is Cc1scc(CNS(N)(=O)=O)c1C. The van der Waals surface area contributed by atoms with Crippen molar-refractivity contribution in [2.75, 3.05) is 0 Å². The third kappa shape index (κ3) is 3.07. The summed E-state index contributed by atoms with van der Waals surface area (Å²) in [6.07, 6.45) is 0. The monoisotopic (exact) mass is 220 g/mol. The molecule has 0 aromatic carbocycles. The summed E-state index contributed by atoms with van der Waals surface area (Å²) in [7, 11) is -3.58. The Kier molecular flexibility index (Phi) is 3.07. The van der Waals surface area contributed by atoms with Gasteiger partial charge in [-0.05, 0) is 30.4 Å². The Hall–Kier alpha value is -0.430. The topological polar surface area (TPSA) is 72.2 Å². The fourth-order valence-corrected chi connectivity index (χ4v) is 2.16. The molecule has 0 amide bonds. The predicted octanol–water partition coefficient (Wildman–Crippen LogP) is 0.658. The average Bonchev–Trinajstić information content (AvgIpc) is 2.29. The van der Waals surface area contributed by atoms with Crippen LogP contribution in [0.1, 0.15) is 16.0 Å². The number of nitrogens with one attached hydrogen (secondary N) is 1. The first kappa shape index (κ1) is 10.6. The van der Waals surface area contributed by atoms with Gasteiger partial charge in [0, 0.05) is 11.4 Å². The molecule has 0 aliphatic rings. The number of thiophene rings is 1. The van der Waals surface area contributed by atoms with Crippen LogP contribution in [0.4, 0.5) is 0 Å². The molecule has 0 fully saturated rings. The minimum atomic E-state index is -3.58. The highest BCUT2D eigenvalue weighted by atomic mass is 32.2. The molecule has 0 atom stereocenters. The van der Waals surface area contributed by atoms with Crippen LogP contribution in [0.5, 0.6) is 0 Å². The fraction of sp³-hybridized carbons (Fsp3) is 0.429. The van der Waals surface area contributed by atoms with Gasteiger partial charge in [-0.15, -0.1) is 11.3 Å². The third-order valence-electron chi connectivity index (χ3n) is 1.85. The quantitative estimate of drug-likeness (QED) is 0.785. The molecule has 6 heteroatoms. The van der Waals surface area contributed by atoms with Gasteiger partial charge in [-0.1, -0.05) is 0 Å². The minimum absolute atomic E-state index is 0.273. The zero-order valence-corrected chi connectivity index (χ0v) is 9.13. The number of rotatable bonds is 3. The maximum absolute atomic E-state index is 10.6. The van der Waals surface area contributed by atoms with Gasteiger partial charge in [0.05, 0.1) is 0 Å². The predicted molar refractivity (Wildman–Crippen MR) is 53.7 cm³/mol. The second kappa shape index (κ2) is 3.75. The van der Waals surface area contributed by atoms with Gasteiger partial charge < -0.3 is 0 Å². The molecule has 13 heavy (non-hydrogen) atoms. The van der Waals surface area contributed by atoms with E-state index in [4.69, 9.17) is 5.14 Å². The van der Waals surface area contributed by atoms with E-state index in [2.05, 4.69) is 4.72 Å². The van der Waals surface area contributed by atoms with Crippen molar-refractivity contribution >= 4 is 21.5 Å². The van der Waals surface area contributed by atoms with Crippen LogP contribution < -0.4 is 9.86 Å². The highest BCUT2D eigenvalue weighted by Crippen LogP contribution is 2.20. The second-order valence-electron chi connectivity index (χ2n) is 2.81. The van der Waals surface area contributed by atoms with Crippen LogP contribution in [0.25, 0.3) is 0 Å². The van der Waals surface area contributed by atoms with Crippen LogP contribution in [0.2, 0.25) is 0 Å². The Labute approximate surface area is 82.0 Å². The van der Waals surface area contributed by atoms with Crippen LogP contribution in [-0.2, 0) is 16.8 Å². The zero-order chi connectivity index (χ0) is 10.1.